The van der Waals surface area contributed by atoms with Gasteiger partial charge in [0.25, 0.3) is 0 Å². The summed E-state index contributed by atoms with van der Waals surface area (Å²) in [6.45, 7) is 7.52. The number of para-hydroxylation sites is 1. The highest BCUT2D eigenvalue weighted by molar-refractivity contribution is 5.93. The number of nitrogens with zero attached hydrogens (tertiary/aromatic N) is 1. The van der Waals surface area contributed by atoms with Crippen molar-refractivity contribution in [2.75, 3.05) is 6.54 Å². The van der Waals surface area contributed by atoms with Crippen LogP contribution in [-0.4, -0.2) is 27.9 Å². The van der Waals surface area contributed by atoms with Gasteiger partial charge in [0, 0.05) is 25.0 Å². The largest absolute Gasteiger partial charge is 0.481 e. The van der Waals surface area contributed by atoms with Crippen LogP contribution in [0, 0.1) is 0 Å². The summed E-state index contributed by atoms with van der Waals surface area (Å²) >= 11 is 0. The third-order valence-corrected chi connectivity index (χ3v) is 4.38. The molecule has 1 aromatic carbocycles. The first-order valence-corrected chi connectivity index (χ1v) is 6.93. The van der Waals surface area contributed by atoms with Gasteiger partial charge in [-0.1, -0.05) is 18.2 Å². The fourth-order valence-electron chi connectivity index (χ4n) is 3.17. The van der Waals surface area contributed by atoms with Gasteiger partial charge in [-0.15, -0.1) is 0 Å². The minimum atomic E-state index is -0.708. The maximum Gasteiger partial charge on any atom is 0.303 e. The molecular weight excluding hydrogens is 238 g/mol. The predicted molar refractivity (Wildman–Crippen MR) is 76.4 cm³/mol. The smallest absolute Gasteiger partial charge is 0.303 e. The number of benzene rings is 1. The quantitative estimate of drug-likeness (QED) is 0.825. The molecule has 3 heteroatoms. The van der Waals surface area contributed by atoms with Crippen LogP contribution < -0.4 is 0 Å². The van der Waals surface area contributed by atoms with Gasteiger partial charge >= 0.3 is 5.97 Å². The van der Waals surface area contributed by atoms with Gasteiger partial charge in [-0.05, 0) is 26.7 Å². The number of fused-ring (bicyclic) bond motifs is 1. The van der Waals surface area contributed by atoms with Crippen molar-refractivity contribution in [3.05, 3.63) is 29.8 Å². The second kappa shape index (κ2) is 5.16. The molecule has 3 nitrogen and oxygen atoms in total. The lowest BCUT2D eigenvalue weighted by molar-refractivity contribution is -0.434. The molecule has 0 saturated heterocycles. The first-order chi connectivity index (χ1) is 9.00. The first kappa shape index (κ1) is 13.8. The summed E-state index contributed by atoms with van der Waals surface area (Å²) in [5.41, 5.74) is 3.92. The van der Waals surface area contributed by atoms with Crippen LogP contribution >= 0.6 is 0 Å². The zero-order chi connectivity index (χ0) is 14.0. The van der Waals surface area contributed by atoms with E-state index in [0.717, 1.165) is 19.4 Å². The molecule has 1 aromatic rings. The molecule has 19 heavy (non-hydrogen) atoms. The Morgan fingerprint density at radius 3 is 2.68 bits per heavy atom. The van der Waals surface area contributed by atoms with Crippen molar-refractivity contribution < 1.29 is 14.5 Å². The topological polar surface area (TPSA) is 40.3 Å². The summed E-state index contributed by atoms with van der Waals surface area (Å²) in [5.74, 6) is -0.708. The van der Waals surface area contributed by atoms with Crippen molar-refractivity contribution in [2.24, 2.45) is 0 Å². The van der Waals surface area contributed by atoms with E-state index in [9.17, 15) is 4.79 Å². The molecule has 2 rings (SSSR count). The summed E-state index contributed by atoms with van der Waals surface area (Å²) in [7, 11) is 0. The first-order valence-electron chi connectivity index (χ1n) is 6.93. The normalized spacial score (nSPS) is 21.6. The molecule has 1 atom stereocenters. The number of carboxylic acid groups (broad SMARTS) is 1. The minimum absolute atomic E-state index is 0.0257. The summed E-state index contributed by atoms with van der Waals surface area (Å²) in [4.78, 5) is 10.7. The van der Waals surface area contributed by atoms with Crippen LogP contribution in [0.5, 0.6) is 0 Å². The molecule has 0 aromatic heterocycles. The van der Waals surface area contributed by atoms with Gasteiger partial charge in [0.15, 0.2) is 5.71 Å². The maximum absolute atomic E-state index is 10.7. The van der Waals surface area contributed by atoms with E-state index in [1.165, 1.54) is 17.0 Å². The predicted octanol–water partition coefficient (Wildman–Crippen LogP) is 3.34. The van der Waals surface area contributed by atoms with E-state index in [1.54, 1.807) is 0 Å². The highest BCUT2D eigenvalue weighted by Gasteiger charge is 2.45. The maximum atomic E-state index is 10.7. The number of hydrogen-bond acceptors (Lipinski definition) is 1. The lowest BCUT2D eigenvalue weighted by Gasteiger charge is -2.21. The van der Waals surface area contributed by atoms with Gasteiger partial charge in [-0.2, -0.15) is 4.58 Å². The second-order valence-corrected chi connectivity index (χ2v) is 5.43. The Balaban J connectivity index is 2.34. The Hall–Kier alpha value is -1.64. The molecule has 0 saturated carbocycles. The van der Waals surface area contributed by atoms with Crippen LogP contribution in [0.4, 0.5) is 5.69 Å². The fraction of sp³-hybridized carbons (Fsp3) is 0.500. The van der Waals surface area contributed by atoms with Gasteiger partial charge in [-0.25, -0.2) is 0 Å². The summed E-state index contributed by atoms with van der Waals surface area (Å²) in [5, 5.41) is 8.81. The van der Waals surface area contributed by atoms with Crippen LogP contribution in [0.2, 0.25) is 0 Å². The molecule has 1 aliphatic heterocycles. The number of carbonyl (C=O) groups is 1. The average Bonchev–Trinajstić information content (AvgIpc) is 2.59. The number of aliphatic carboxylic acids is 1. The van der Waals surface area contributed by atoms with Crippen LogP contribution in [-0.2, 0) is 10.2 Å². The summed E-state index contributed by atoms with van der Waals surface area (Å²) in [6, 6.07) is 8.47. The van der Waals surface area contributed by atoms with E-state index in [0.29, 0.717) is 0 Å². The fourth-order valence-corrected chi connectivity index (χ4v) is 3.17. The minimum Gasteiger partial charge on any atom is -0.481 e. The van der Waals surface area contributed by atoms with E-state index in [4.69, 9.17) is 5.11 Å². The number of rotatable bonds is 5. The lowest BCUT2D eigenvalue weighted by atomic mass is 9.76. The Labute approximate surface area is 114 Å². The molecule has 0 bridgehead atoms. The van der Waals surface area contributed by atoms with Crippen molar-refractivity contribution in [1.29, 1.82) is 0 Å². The third-order valence-electron chi connectivity index (χ3n) is 4.38. The number of carboxylic acids is 1. The Morgan fingerprint density at radius 2 is 2.05 bits per heavy atom. The van der Waals surface area contributed by atoms with Gasteiger partial charge in [0.2, 0.25) is 5.69 Å². The van der Waals surface area contributed by atoms with Gasteiger partial charge in [0.05, 0.1) is 5.41 Å². The monoisotopic (exact) mass is 260 g/mol. The van der Waals surface area contributed by atoms with E-state index in [2.05, 4.69) is 49.6 Å². The van der Waals surface area contributed by atoms with Crippen molar-refractivity contribution in [1.82, 2.24) is 0 Å². The molecule has 1 heterocycles. The van der Waals surface area contributed by atoms with Gasteiger partial charge < -0.3 is 5.11 Å². The van der Waals surface area contributed by atoms with Crippen molar-refractivity contribution in [3.8, 4) is 0 Å². The molecule has 1 unspecified atom stereocenters. The molecule has 1 N–H and O–H groups in total. The van der Waals surface area contributed by atoms with Crippen LogP contribution in [0.15, 0.2) is 24.3 Å². The average molecular weight is 260 g/mol. The molecule has 0 spiro atoms. The zero-order valence-corrected chi connectivity index (χ0v) is 11.9. The molecule has 0 radical (unpaired) electrons. The molecular formula is C16H22NO2+. The molecule has 0 fully saturated rings. The lowest BCUT2D eigenvalue weighted by Crippen LogP contribution is -2.30. The van der Waals surface area contributed by atoms with E-state index >= 15 is 0 Å². The Kier molecular flexibility index (Phi) is 3.74. The van der Waals surface area contributed by atoms with Crippen molar-refractivity contribution in [3.63, 3.8) is 0 Å². The molecule has 102 valence electrons. The molecule has 0 amide bonds. The second-order valence-electron chi connectivity index (χ2n) is 5.43. The van der Waals surface area contributed by atoms with Crippen molar-refractivity contribution in [2.45, 2.75) is 45.4 Å². The molecule has 1 aliphatic rings. The number of hydrogen-bond donors (Lipinski definition) is 1. The highest BCUT2D eigenvalue weighted by atomic mass is 16.4. The van der Waals surface area contributed by atoms with E-state index in [-0.39, 0.29) is 11.8 Å². The zero-order valence-electron chi connectivity index (χ0n) is 11.9. The third kappa shape index (κ3) is 2.29. The van der Waals surface area contributed by atoms with Gasteiger partial charge in [0.1, 0.15) is 6.54 Å². The van der Waals surface area contributed by atoms with Crippen LogP contribution in [0.3, 0.4) is 0 Å². The highest BCUT2D eigenvalue weighted by Crippen LogP contribution is 2.42. The van der Waals surface area contributed by atoms with Gasteiger partial charge in [-0.3, -0.25) is 4.79 Å². The van der Waals surface area contributed by atoms with E-state index in [1.807, 2.05) is 0 Å². The Bertz CT molecular complexity index is 533. The SMILES string of the molecule is CC[N+]1=C(C)C(C)(CCCC(=O)O)c2ccccc21. The van der Waals surface area contributed by atoms with Crippen LogP contribution in [0.25, 0.3) is 0 Å². The standard InChI is InChI=1S/C16H21NO2/c1-4-17-12(2)16(3,11-7-10-15(18)19)13-8-5-6-9-14(13)17/h5-6,8-9H,4,7,10-11H2,1-3H3/p+1. The van der Waals surface area contributed by atoms with Crippen LogP contribution in [0.1, 0.15) is 45.6 Å². The summed E-state index contributed by atoms with van der Waals surface area (Å²) < 4.78 is 2.34. The van der Waals surface area contributed by atoms with Crippen molar-refractivity contribution >= 4 is 17.4 Å². The Morgan fingerprint density at radius 1 is 1.37 bits per heavy atom. The summed E-state index contributed by atoms with van der Waals surface area (Å²) in [6.07, 6.45) is 1.85. The molecule has 0 aliphatic carbocycles. The van der Waals surface area contributed by atoms with E-state index < -0.39 is 5.97 Å².